The van der Waals surface area contributed by atoms with Gasteiger partial charge >= 0.3 is 21.2 Å². The number of carbonyl (C=O) groups excluding carboxylic acids is 5. The molecule has 0 spiro atoms. The molecular weight excluding hydrogens is 1500 g/mol. The Hall–Kier alpha value is -8.34. The molecule has 5 atom stereocenters. The molecule has 5 heterocycles. The quantitative estimate of drug-likeness (QED) is 0.0172. The van der Waals surface area contributed by atoms with Gasteiger partial charge < -0.3 is 117 Å². The summed E-state index contributed by atoms with van der Waals surface area (Å²) in [6.07, 6.45) is 3.85. The maximum absolute atomic E-state index is 13.3. The molecule has 5 aliphatic rings. The van der Waals surface area contributed by atoms with Crippen molar-refractivity contribution in [3.05, 3.63) is 162 Å². The molecule has 42 heteroatoms. The van der Waals surface area contributed by atoms with Crippen molar-refractivity contribution in [1.29, 1.82) is 21.6 Å². The summed E-state index contributed by atoms with van der Waals surface area (Å²) >= 11 is 23.2. The molecule has 5 aliphatic heterocycles. The first-order chi connectivity index (χ1) is 50.2. The number of allylic oxidation sites excluding steroid dienone is 4. The molecule has 572 valence electrons. The van der Waals surface area contributed by atoms with Crippen LogP contribution in [0.3, 0.4) is 0 Å². The topological polar surface area (TPSA) is 383 Å². The minimum Gasteiger partial charge on any atom is -0.481 e. The van der Waals surface area contributed by atoms with Crippen molar-refractivity contribution in [2.75, 3.05) is 113 Å². The highest BCUT2D eigenvalue weighted by atomic mass is 35.5. The normalized spacial score (nSPS) is 19.5. The summed E-state index contributed by atoms with van der Waals surface area (Å²) in [6, 6.07) is 9.25. The average Bonchev–Trinajstić information content (AvgIpc) is 0.782. The van der Waals surface area contributed by atoms with Crippen LogP contribution < -0.4 is 31.9 Å². The molecule has 4 amide bonds. The molecular formula is C64H77B3Cl4F8N16O11. The number of piperazine rings is 4. The van der Waals surface area contributed by atoms with Crippen LogP contribution in [0.15, 0.2) is 116 Å². The van der Waals surface area contributed by atoms with E-state index in [0.29, 0.717) is 75.7 Å². The van der Waals surface area contributed by atoms with E-state index in [1.54, 1.807) is 35.0 Å². The Balaban J connectivity index is 0.000000244. The minimum absolute atomic E-state index is 0.00613. The molecule has 15 N–H and O–H groups in total. The second-order valence-corrected chi connectivity index (χ2v) is 25.3. The Morgan fingerprint density at radius 2 is 0.953 bits per heavy atom. The summed E-state index contributed by atoms with van der Waals surface area (Å²) in [5, 5.41) is 90.7. The number of aldehydes is 1. The van der Waals surface area contributed by atoms with Crippen LogP contribution in [-0.4, -0.2) is 252 Å². The number of hydrogen-bond donors (Lipinski definition) is 15. The highest BCUT2D eigenvalue weighted by Crippen LogP contribution is 2.29. The number of benzene rings is 4. The van der Waals surface area contributed by atoms with Gasteiger partial charge in [0.2, 0.25) is 5.76 Å². The number of aliphatic hydroxyl groups is 2. The van der Waals surface area contributed by atoms with Gasteiger partial charge in [0.1, 0.15) is 79.7 Å². The van der Waals surface area contributed by atoms with Gasteiger partial charge in [-0.2, -0.15) is 0 Å². The number of carbonyl (C=O) groups is 5. The zero-order valence-corrected chi connectivity index (χ0v) is 60.3. The number of nitrogens with one attached hydrogen (secondary N) is 10. The molecule has 5 unspecified atom stereocenters. The van der Waals surface area contributed by atoms with Gasteiger partial charge in [0.25, 0.3) is 23.6 Å². The van der Waals surface area contributed by atoms with Crippen LogP contribution in [0.4, 0.5) is 57.9 Å². The van der Waals surface area contributed by atoms with Crippen molar-refractivity contribution in [1.82, 2.24) is 39.8 Å². The molecule has 27 nitrogen and oxygen atoms in total. The fourth-order valence-electron chi connectivity index (χ4n) is 11.0. The number of nitrogens with zero attached hydrogens (tertiary/aromatic N) is 6. The van der Waals surface area contributed by atoms with Crippen molar-refractivity contribution < 1.29 is 89.1 Å². The average molecular weight is 1570 g/mol. The lowest BCUT2D eigenvalue weighted by Crippen LogP contribution is -2.58. The zero-order chi connectivity index (χ0) is 78.8. The molecule has 0 radical (unpaired) electrons. The fourth-order valence-corrected chi connectivity index (χ4v) is 11.6. The first-order valence-corrected chi connectivity index (χ1v) is 33.8. The number of anilines is 4. The van der Waals surface area contributed by atoms with Crippen molar-refractivity contribution >= 4 is 145 Å². The maximum atomic E-state index is 13.3. The number of amides is 4. The maximum Gasteiger partial charge on any atom is 0.376 e. The Morgan fingerprint density at radius 1 is 0.547 bits per heavy atom. The molecule has 0 aromatic heterocycles. The molecule has 0 bridgehead atoms. The lowest BCUT2D eigenvalue weighted by atomic mass is 9.83. The first-order valence-electron chi connectivity index (χ1n) is 32.2. The van der Waals surface area contributed by atoms with Crippen LogP contribution in [-0.2, 0) is 28.7 Å². The first kappa shape index (κ1) is 88.3. The molecule has 9 rings (SSSR count). The van der Waals surface area contributed by atoms with Gasteiger partial charge in [-0.3, -0.25) is 19.2 Å². The van der Waals surface area contributed by atoms with E-state index in [1.165, 1.54) is 4.90 Å². The summed E-state index contributed by atoms with van der Waals surface area (Å²) in [4.78, 5) is 70.4. The van der Waals surface area contributed by atoms with Gasteiger partial charge in [0.05, 0.1) is 47.8 Å². The third kappa shape index (κ3) is 26.3. The predicted octanol–water partition coefficient (Wildman–Crippen LogP) is 5.45. The lowest BCUT2D eigenvalue weighted by molar-refractivity contribution is -0.119. The highest BCUT2D eigenvalue weighted by Gasteiger charge is 2.39. The second-order valence-electron chi connectivity index (χ2n) is 23.7. The fraction of sp³-hybridized carbons (Fsp3) is 0.359. The van der Waals surface area contributed by atoms with E-state index in [0.717, 1.165) is 99.4 Å². The van der Waals surface area contributed by atoms with Crippen LogP contribution in [0.1, 0.15) is 6.92 Å². The number of ether oxygens (including phenoxy) is 1. The van der Waals surface area contributed by atoms with Gasteiger partial charge in [0.15, 0.2) is 0 Å². The van der Waals surface area contributed by atoms with Crippen LogP contribution in [0.2, 0.25) is 20.5 Å². The van der Waals surface area contributed by atoms with Crippen molar-refractivity contribution in [2.45, 2.75) is 57.7 Å². The second kappa shape index (κ2) is 42.9. The Bertz CT molecular complexity index is 3860. The predicted molar refractivity (Wildman–Crippen MR) is 390 cm³/mol. The van der Waals surface area contributed by atoms with E-state index in [4.69, 9.17) is 77.9 Å². The van der Waals surface area contributed by atoms with Crippen LogP contribution >= 0.6 is 46.4 Å². The molecule has 106 heavy (non-hydrogen) atoms. The van der Waals surface area contributed by atoms with Gasteiger partial charge in [-0.15, -0.1) is 0 Å². The third-order valence-electron chi connectivity index (χ3n) is 16.2. The summed E-state index contributed by atoms with van der Waals surface area (Å²) in [5.41, 5.74) is 0.0780. The molecule has 0 aliphatic carbocycles. The largest absolute Gasteiger partial charge is 0.481 e. The summed E-state index contributed by atoms with van der Waals surface area (Å²) in [5.74, 6) is -9.90. The van der Waals surface area contributed by atoms with E-state index < -0.39 is 113 Å². The number of hydrogen-bond acceptors (Lipinski definition) is 23. The Labute approximate surface area is 625 Å². The third-order valence-corrected chi connectivity index (χ3v) is 17.7. The molecule has 0 saturated carbocycles. The lowest BCUT2D eigenvalue weighted by Gasteiger charge is -2.45. The Kier molecular flexibility index (Phi) is 35.7. The van der Waals surface area contributed by atoms with E-state index in [-0.39, 0.29) is 94.5 Å². The number of fused-ring (bicyclic) bond motifs is 1. The molecule has 4 aromatic rings. The standard InChI is InChI=1S/C16H20BClF2N4O3.C16H18BClF2N4O3.C16H18F2N4O2.C10H6Cl2F2N2O.C6H15BN2O2/c2*1-17(27)23-2-3-24(13(8-23)9-25)14(7-21)15(18)16(26)22-12-5-10(19)4-11(20)6-12;1-9-14-8-20-2-3-22(14)13(7-19)15(24-9)16(23)21-12-5-10(17)4-11(18)6-12;11-8(4-15)9(12)10(17)16-7-2-5(13)1-6(14)3-7;1-7(11)9-3-2-8-6(4-9)5-10/h4-7,13,21,25,27H,2-3,8-9H2,1H3,(H,22,26);4-7,9,13,21,27H,2-3,8H2,1H3,(H,22,26);4-7,9,14,19-20H,2-3,8H2,1H3,(H,21,23);1-4,15H,(H,16,17);6,8,10-11H,2-5H2,1H3/b2*15-14-,21-7?;;9-8-,15-4?;. The number of aliphatic hydroxyl groups excluding tert-OH is 2. The summed E-state index contributed by atoms with van der Waals surface area (Å²) in [6.45, 7) is 13.1. The molecule has 4 fully saturated rings. The highest BCUT2D eigenvalue weighted by molar-refractivity contribution is 6.53. The van der Waals surface area contributed by atoms with E-state index in [2.05, 4.69) is 31.9 Å². The van der Waals surface area contributed by atoms with Gasteiger partial charge in [0, 0.05) is 156 Å². The van der Waals surface area contributed by atoms with Crippen LogP contribution in [0, 0.1) is 68.2 Å². The molecule has 4 aromatic carbocycles. The summed E-state index contributed by atoms with van der Waals surface area (Å²) in [7, 11) is -1.84. The smallest absolute Gasteiger partial charge is 0.376 e. The summed E-state index contributed by atoms with van der Waals surface area (Å²) < 4.78 is 111. The van der Waals surface area contributed by atoms with Gasteiger partial charge in [-0.05, 0) is 75.9 Å². The van der Waals surface area contributed by atoms with E-state index in [1.807, 2.05) is 16.6 Å². The van der Waals surface area contributed by atoms with Gasteiger partial charge in [-0.1, -0.05) is 46.4 Å². The van der Waals surface area contributed by atoms with Crippen molar-refractivity contribution in [2.24, 2.45) is 0 Å². The minimum atomic E-state index is -0.872. The van der Waals surface area contributed by atoms with Crippen LogP contribution in [0.25, 0.3) is 0 Å². The zero-order valence-electron chi connectivity index (χ0n) is 57.2. The van der Waals surface area contributed by atoms with E-state index >= 15 is 0 Å². The Morgan fingerprint density at radius 3 is 1.35 bits per heavy atom. The number of halogens is 12. The van der Waals surface area contributed by atoms with E-state index in [9.17, 15) is 79.3 Å². The van der Waals surface area contributed by atoms with Crippen LogP contribution in [0.5, 0.6) is 0 Å². The SMILES string of the molecule is CB(O)N1CCN(/C(C=N)=C(\Cl)C(=O)Nc2cc(F)cc(F)c2)C(C=O)C1.CB(O)N1CCN(/C(C=N)=C(\Cl)C(=O)Nc2cc(F)cc(F)c2)C(CO)C1.CB(O)N1CCNC(CO)C1.CC1OC(C(=O)Nc2cc(F)cc(F)c2)=C(C=N)N2CCNCC12.N=C/C(Cl)=C(/Cl)C(=O)Nc1cc(F)cc(F)c1. The van der Waals surface area contributed by atoms with Crippen molar-refractivity contribution in [3.8, 4) is 0 Å². The monoisotopic (exact) mass is 1570 g/mol. The van der Waals surface area contributed by atoms with Gasteiger partial charge in [-0.25, -0.2) is 35.1 Å². The van der Waals surface area contributed by atoms with Crippen molar-refractivity contribution in [3.63, 3.8) is 0 Å². The molecule has 4 saturated heterocycles. The number of rotatable bonds is 20.